The Bertz CT molecular complexity index is 1110. The van der Waals surface area contributed by atoms with Gasteiger partial charge in [-0.15, -0.1) is 11.3 Å². The molecule has 2 aromatic carbocycles. The molecule has 0 spiro atoms. The van der Waals surface area contributed by atoms with Gasteiger partial charge in [0, 0.05) is 11.9 Å². The van der Waals surface area contributed by atoms with E-state index in [-0.39, 0.29) is 17.1 Å². The van der Waals surface area contributed by atoms with Crippen molar-refractivity contribution in [2.45, 2.75) is 31.7 Å². The van der Waals surface area contributed by atoms with Crippen LogP contribution in [0, 0.1) is 5.92 Å². The van der Waals surface area contributed by atoms with Crippen molar-refractivity contribution in [2.24, 2.45) is 5.92 Å². The van der Waals surface area contributed by atoms with Crippen LogP contribution in [0.25, 0.3) is 10.8 Å². The van der Waals surface area contributed by atoms with Crippen molar-refractivity contribution in [1.82, 2.24) is 9.29 Å². The third kappa shape index (κ3) is 5.01. The van der Waals surface area contributed by atoms with E-state index in [2.05, 4.69) is 23.6 Å². The molecule has 0 radical (unpaired) electrons. The van der Waals surface area contributed by atoms with Crippen LogP contribution in [0.4, 0.5) is 0 Å². The van der Waals surface area contributed by atoms with Crippen LogP contribution in [0.5, 0.6) is 0 Å². The average Bonchev–Trinajstić information content (AvgIpc) is 3.18. The predicted octanol–water partition coefficient (Wildman–Crippen LogP) is 4.32. The minimum Gasteiger partial charge on any atom is -0.464 e. The lowest BCUT2D eigenvalue weighted by molar-refractivity contribution is 0.0594. The summed E-state index contributed by atoms with van der Waals surface area (Å²) in [5.74, 6) is -0.176. The van der Waals surface area contributed by atoms with Crippen molar-refractivity contribution < 1.29 is 17.9 Å². The topological polar surface area (TPSA) is 76.6 Å². The maximum absolute atomic E-state index is 13.4. The van der Waals surface area contributed by atoms with Crippen molar-refractivity contribution in [3.8, 4) is 0 Å². The molecule has 6 nitrogen and oxygen atoms in total. The van der Waals surface area contributed by atoms with E-state index in [1.807, 2.05) is 30.3 Å². The zero-order chi connectivity index (χ0) is 21.0. The average molecular weight is 433 g/mol. The summed E-state index contributed by atoms with van der Waals surface area (Å²) in [5.41, 5.74) is 0.194. The first kappa shape index (κ1) is 21.4. The lowest BCUT2D eigenvalue weighted by Gasteiger charge is -2.22. The molecule has 0 saturated carbocycles. The second kappa shape index (κ2) is 9.02. The molecule has 0 atom stereocenters. The monoisotopic (exact) mass is 432 g/mol. The predicted molar refractivity (Wildman–Crippen MR) is 114 cm³/mol. The van der Waals surface area contributed by atoms with Crippen LogP contribution in [0.15, 0.2) is 52.7 Å². The third-order valence-electron chi connectivity index (χ3n) is 4.57. The van der Waals surface area contributed by atoms with E-state index >= 15 is 0 Å². The van der Waals surface area contributed by atoms with Gasteiger partial charge in [-0.25, -0.2) is 18.2 Å². The lowest BCUT2D eigenvalue weighted by Crippen LogP contribution is -2.32. The molecule has 0 aliphatic carbocycles. The fraction of sp³-hybridized carbons (Fsp3) is 0.333. The van der Waals surface area contributed by atoms with E-state index in [0.29, 0.717) is 17.5 Å². The zero-order valence-corrected chi connectivity index (χ0v) is 18.3. The molecule has 0 fully saturated rings. The van der Waals surface area contributed by atoms with Gasteiger partial charge < -0.3 is 4.74 Å². The number of thiazole rings is 1. The summed E-state index contributed by atoms with van der Waals surface area (Å²) in [5, 5.41) is 4.01. The lowest BCUT2D eigenvalue weighted by atomic mass is 10.1. The summed E-state index contributed by atoms with van der Waals surface area (Å²) >= 11 is 1.25. The van der Waals surface area contributed by atoms with Crippen molar-refractivity contribution in [1.29, 1.82) is 0 Å². The first-order valence-corrected chi connectivity index (χ1v) is 11.6. The molecule has 29 heavy (non-hydrogen) atoms. The fourth-order valence-corrected chi connectivity index (χ4v) is 5.21. The molecule has 3 rings (SSSR count). The molecule has 0 bridgehead atoms. The number of carbonyl (C=O) groups is 1. The number of sulfonamides is 1. The molecule has 1 aromatic heterocycles. The third-order valence-corrected chi connectivity index (χ3v) is 7.25. The van der Waals surface area contributed by atoms with Gasteiger partial charge in [-0.2, -0.15) is 4.31 Å². The number of hydrogen-bond acceptors (Lipinski definition) is 6. The van der Waals surface area contributed by atoms with Crippen molar-refractivity contribution in [3.63, 3.8) is 0 Å². The van der Waals surface area contributed by atoms with E-state index in [1.165, 1.54) is 22.8 Å². The Balaban J connectivity index is 1.93. The van der Waals surface area contributed by atoms with Crippen LogP contribution in [-0.4, -0.2) is 37.3 Å². The number of aromatic nitrogens is 1. The van der Waals surface area contributed by atoms with Crippen LogP contribution in [0.1, 0.15) is 35.8 Å². The first-order valence-electron chi connectivity index (χ1n) is 9.33. The van der Waals surface area contributed by atoms with E-state index in [9.17, 15) is 13.2 Å². The van der Waals surface area contributed by atoms with E-state index < -0.39 is 16.0 Å². The SMILES string of the molecule is COC(=O)c1csc(CN(CCC(C)C)S(=O)(=O)c2ccc3ccccc3c2)n1. The highest BCUT2D eigenvalue weighted by atomic mass is 32.2. The molecule has 0 amide bonds. The van der Waals surface area contributed by atoms with Gasteiger partial charge in [0.15, 0.2) is 5.69 Å². The maximum Gasteiger partial charge on any atom is 0.357 e. The number of carbonyl (C=O) groups excluding carboxylic acids is 1. The van der Waals surface area contributed by atoms with Crippen LogP contribution >= 0.6 is 11.3 Å². The van der Waals surface area contributed by atoms with Crippen LogP contribution in [0.3, 0.4) is 0 Å². The standard InChI is InChI=1S/C21H24N2O4S2/c1-15(2)10-11-23(13-20-22-19(14-28-20)21(24)27-3)29(25,26)18-9-8-16-6-4-5-7-17(16)12-18/h4-9,12,14-15H,10-11,13H2,1-3H3. The van der Waals surface area contributed by atoms with Gasteiger partial charge in [-0.1, -0.05) is 44.2 Å². The van der Waals surface area contributed by atoms with Gasteiger partial charge >= 0.3 is 5.97 Å². The summed E-state index contributed by atoms with van der Waals surface area (Å²) in [7, 11) is -2.43. The smallest absolute Gasteiger partial charge is 0.357 e. The van der Waals surface area contributed by atoms with Crippen molar-refractivity contribution in [2.75, 3.05) is 13.7 Å². The number of benzene rings is 2. The molecule has 8 heteroatoms. The highest BCUT2D eigenvalue weighted by molar-refractivity contribution is 7.89. The number of methoxy groups -OCH3 is 1. The minimum atomic E-state index is -3.72. The largest absolute Gasteiger partial charge is 0.464 e. The van der Waals surface area contributed by atoms with Crippen LogP contribution < -0.4 is 0 Å². The Morgan fingerprint density at radius 2 is 1.90 bits per heavy atom. The van der Waals surface area contributed by atoms with Crippen LogP contribution in [-0.2, 0) is 21.3 Å². The Hall–Kier alpha value is -2.29. The number of nitrogens with zero attached hydrogens (tertiary/aromatic N) is 2. The number of ether oxygens (including phenoxy) is 1. The summed E-state index contributed by atoms with van der Waals surface area (Å²) in [6.07, 6.45) is 0.724. The summed E-state index contributed by atoms with van der Waals surface area (Å²) in [4.78, 5) is 16.2. The number of hydrogen-bond donors (Lipinski definition) is 0. The minimum absolute atomic E-state index is 0.115. The molecule has 0 unspecified atom stereocenters. The van der Waals surface area contributed by atoms with E-state index in [0.717, 1.165) is 17.2 Å². The first-order chi connectivity index (χ1) is 13.8. The summed E-state index contributed by atoms with van der Waals surface area (Å²) in [6, 6.07) is 12.8. The van der Waals surface area contributed by atoms with Crippen molar-refractivity contribution >= 4 is 38.1 Å². The Kier molecular flexibility index (Phi) is 6.66. The zero-order valence-electron chi connectivity index (χ0n) is 16.7. The highest BCUT2D eigenvalue weighted by Gasteiger charge is 2.26. The molecule has 0 aliphatic rings. The molecule has 0 aliphatic heterocycles. The molecule has 3 aromatic rings. The van der Waals surface area contributed by atoms with Gasteiger partial charge in [0.25, 0.3) is 0 Å². The van der Waals surface area contributed by atoms with Gasteiger partial charge in [0.1, 0.15) is 5.01 Å². The number of esters is 1. The quantitative estimate of drug-likeness (QED) is 0.496. The Labute approximate surface area is 175 Å². The number of rotatable bonds is 8. The van der Waals surface area contributed by atoms with E-state index in [1.54, 1.807) is 17.5 Å². The Morgan fingerprint density at radius 3 is 2.59 bits per heavy atom. The van der Waals surface area contributed by atoms with Crippen LogP contribution in [0.2, 0.25) is 0 Å². The van der Waals surface area contributed by atoms with Crippen molar-refractivity contribution in [3.05, 3.63) is 58.5 Å². The van der Waals surface area contributed by atoms with Gasteiger partial charge in [0.05, 0.1) is 18.6 Å². The highest BCUT2D eigenvalue weighted by Crippen LogP contribution is 2.25. The van der Waals surface area contributed by atoms with Gasteiger partial charge in [-0.3, -0.25) is 0 Å². The van der Waals surface area contributed by atoms with Gasteiger partial charge in [0.2, 0.25) is 10.0 Å². The summed E-state index contributed by atoms with van der Waals surface area (Å²) in [6.45, 7) is 4.60. The second-order valence-corrected chi connectivity index (χ2v) is 10.0. The molecule has 0 saturated heterocycles. The molecular weight excluding hydrogens is 408 g/mol. The van der Waals surface area contributed by atoms with E-state index in [4.69, 9.17) is 0 Å². The molecule has 0 N–H and O–H groups in total. The summed E-state index contributed by atoms with van der Waals surface area (Å²) < 4.78 is 32.9. The van der Waals surface area contributed by atoms with Gasteiger partial charge in [-0.05, 0) is 35.2 Å². The molecule has 154 valence electrons. The normalized spacial score (nSPS) is 12.0. The second-order valence-electron chi connectivity index (χ2n) is 7.15. The maximum atomic E-state index is 13.4. The molecule has 1 heterocycles. The fourth-order valence-electron chi connectivity index (χ4n) is 2.90. The Morgan fingerprint density at radius 1 is 1.17 bits per heavy atom. The number of fused-ring (bicyclic) bond motifs is 1. The molecular formula is C21H24N2O4S2.